The molecule has 24 heavy (non-hydrogen) atoms. The molecule has 0 saturated heterocycles. The Balaban J connectivity index is 2.03. The maximum Gasteiger partial charge on any atom is 0.243 e. The van der Waals surface area contributed by atoms with Crippen LogP contribution >= 0.6 is 0 Å². The van der Waals surface area contributed by atoms with Crippen LogP contribution in [0.2, 0.25) is 0 Å². The van der Waals surface area contributed by atoms with Gasteiger partial charge in [-0.2, -0.15) is 5.26 Å². The number of amides is 1. The first-order valence-electron chi connectivity index (χ1n) is 7.96. The average Bonchev–Trinajstić information content (AvgIpc) is 2.62. The van der Waals surface area contributed by atoms with Crippen LogP contribution in [0.1, 0.15) is 11.1 Å². The van der Waals surface area contributed by atoms with Crippen LogP contribution in [0.4, 0.5) is 11.4 Å². The molecule has 0 radical (unpaired) electrons. The van der Waals surface area contributed by atoms with Crippen LogP contribution in [-0.4, -0.2) is 18.5 Å². The van der Waals surface area contributed by atoms with E-state index < -0.39 is 0 Å². The van der Waals surface area contributed by atoms with Gasteiger partial charge in [-0.3, -0.25) is 4.79 Å². The van der Waals surface area contributed by atoms with Gasteiger partial charge in [0.05, 0.1) is 18.5 Å². The number of fused-ring (bicyclic) bond motifs is 1. The summed E-state index contributed by atoms with van der Waals surface area (Å²) in [7, 11) is 0. The Morgan fingerprint density at radius 1 is 1.29 bits per heavy atom. The first kappa shape index (κ1) is 15.8. The minimum Gasteiger partial charge on any atom is -0.348 e. The summed E-state index contributed by atoms with van der Waals surface area (Å²) in [5.41, 5.74) is 4.33. The zero-order chi connectivity index (χ0) is 16.9. The predicted molar refractivity (Wildman–Crippen MR) is 95.0 cm³/mol. The number of para-hydroxylation sites is 1. The average molecular weight is 317 g/mol. The number of nitrogens with zero attached hydrogens (tertiary/aromatic N) is 2. The molecule has 0 fully saturated rings. The van der Waals surface area contributed by atoms with E-state index in [1.54, 1.807) is 0 Å². The van der Waals surface area contributed by atoms with Crippen molar-refractivity contribution in [3.8, 4) is 6.07 Å². The van der Waals surface area contributed by atoms with E-state index in [0.29, 0.717) is 13.0 Å². The first-order chi connectivity index (χ1) is 11.7. The molecule has 4 nitrogen and oxygen atoms in total. The van der Waals surface area contributed by atoms with Gasteiger partial charge in [-0.1, -0.05) is 36.9 Å². The van der Waals surface area contributed by atoms with Gasteiger partial charge in [-0.15, -0.1) is 0 Å². The number of nitriles is 1. The fourth-order valence-electron chi connectivity index (χ4n) is 3.20. The molecular formula is C20H19N3O. The monoisotopic (exact) mass is 317 g/mol. The van der Waals surface area contributed by atoms with Crippen molar-refractivity contribution in [2.75, 3.05) is 11.4 Å². The van der Waals surface area contributed by atoms with Gasteiger partial charge in [0.1, 0.15) is 0 Å². The number of nitrogens with one attached hydrogen (secondary N) is 1. The van der Waals surface area contributed by atoms with Crippen LogP contribution in [-0.2, 0) is 17.6 Å². The summed E-state index contributed by atoms with van der Waals surface area (Å²) >= 11 is 0. The molecular weight excluding hydrogens is 298 g/mol. The maximum atomic E-state index is 11.7. The van der Waals surface area contributed by atoms with Gasteiger partial charge in [0.25, 0.3) is 0 Å². The van der Waals surface area contributed by atoms with Crippen molar-refractivity contribution in [3.63, 3.8) is 0 Å². The van der Waals surface area contributed by atoms with Gasteiger partial charge in [0.15, 0.2) is 0 Å². The van der Waals surface area contributed by atoms with E-state index >= 15 is 0 Å². The predicted octanol–water partition coefficient (Wildman–Crippen LogP) is 3.12. The zero-order valence-electron chi connectivity index (χ0n) is 13.4. The second-order valence-electron chi connectivity index (χ2n) is 5.81. The van der Waals surface area contributed by atoms with E-state index in [-0.39, 0.29) is 11.9 Å². The van der Waals surface area contributed by atoms with E-state index in [2.05, 4.69) is 41.1 Å². The molecule has 0 saturated carbocycles. The number of benzene rings is 2. The molecule has 2 aromatic carbocycles. The van der Waals surface area contributed by atoms with E-state index in [1.165, 1.54) is 6.08 Å². The highest BCUT2D eigenvalue weighted by Gasteiger charge is 2.27. The lowest BCUT2D eigenvalue weighted by Gasteiger charge is -2.37. The Morgan fingerprint density at radius 2 is 2.08 bits per heavy atom. The summed E-state index contributed by atoms with van der Waals surface area (Å²) < 4.78 is 0. The van der Waals surface area contributed by atoms with Crippen LogP contribution in [0.3, 0.4) is 0 Å². The van der Waals surface area contributed by atoms with E-state index in [0.717, 1.165) is 28.9 Å². The number of anilines is 2. The van der Waals surface area contributed by atoms with Crippen LogP contribution in [0, 0.1) is 11.3 Å². The molecule has 0 aromatic heterocycles. The minimum atomic E-state index is -0.172. The molecule has 1 amide bonds. The molecule has 3 rings (SSSR count). The largest absolute Gasteiger partial charge is 0.348 e. The summed E-state index contributed by atoms with van der Waals surface area (Å²) in [4.78, 5) is 13.9. The normalized spacial score (nSPS) is 16.0. The second kappa shape index (κ2) is 7.01. The number of hydrogen-bond acceptors (Lipinski definition) is 3. The summed E-state index contributed by atoms with van der Waals surface area (Å²) in [6.07, 6.45) is 2.38. The van der Waals surface area contributed by atoms with Gasteiger partial charge >= 0.3 is 0 Å². The minimum absolute atomic E-state index is 0.0250. The van der Waals surface area contributed by atoms with Crippen LogP contribution < -0.4 is 10.2 Å². The Labute approximate surface area is 142 Å². The molecule has 1 aliphatic heterocycles. The highest BCUT2D eigenvalue weighted by atomic mass is 16.1. The lowest BCUT2D eigenvalue weighted by Crippen LogP contribution is -2.46. The van der Waals surface area contributed by atoms with Crippen molar-refractivity contribution >= 4 is 17.3 Å². The van der Waals surface area contributed by atoms with Crippen molar-refractivity contribution in [2.24, 2.45) is 0 Å². The standard InChI is InChI=1S/C20H19N3O/c1-2-20(24)22-16-13-18-15(11-12-21)7-6-10-19(18)23(14-16)17-8-4-3-5-9-17/h2-10,16H,1,11,13-14H2,(H,22,24). The van der Waals surface area contributed by atoms with Crippen molar-refractivity contribution in [3.05, 3.63) is 72.3 Å². The van der Waals surface area contributed by atoms with Gasteiger partial charge in [0.2, 0.25) is 5.91 Å². The van der Waals surface area contributed by atoms with Gasteiger partial charge in [0, 0.05) is 17.9 Å². The summed E-state index contributed by atoms with van der Waals surface area (Å²) in [5, 5.41) is 12.1. The fraction of sp³-hybridized carbons (Fsp3) is 0.200. The molecule has 1 atom stereocenters. The molecule has 0 bridgehead atoms. The third-order valence-corrected chi connectivity index (χ3v) is 4.26. The molecule has 0 aliphatic carbocycles. The molecule has 1 heterocycles. The van der Waals surface area contributed by atoms with Crippen LogP contribution in [0.15, 0.2) is 61.2 Å². The quantitative estimate of drug-likeness (QED) is 0.882. The molecule has 1 N–H and O–H groups in total. The first-order valence-corrected chi connectivity index (χ1v) is 7.96. The highest BCUT2D eigenvalue weighted by molar-refractivity contribution is 5.87. The molecule has 2 aromatic rings. The summed E-state index contributed by atoms with van der Waals surface area (Å²) in [6.45, 7) is 4.21. The molecule has 1 unspecified atom stereocenters. The number of rotatable bonds is 4. The number of carbonyl (C=O) groups is 1. The van der Waals surface area contributed by atoms with Crippen molar-refractivity contribution in [1.82, 2.24) is 5.32 Å². The Hall–Kier alpha value is -3.06. The van der Waals surface area contributed by atoms with Crippen LogP contribution in [0.5, 0.6) is 0 Å². The third kappa shape index (κ3) is 3.16. The Bertz CT molecular complexity index is 792. The summed E-state index contributed by atoms with van der Waals surface area (Å²) in [6, 6.07) is 18.4. The van der Waals surface area contributed by atoms with Gasteiger partial charge in [-0.05, 0) is 41.8 Å². The highest BCUT2D eigenvalue weighted by Crippen LogP contribution is 2.35. The summed E-state index contributed by atoms with van der Waals surface area (Å²) in [5.74, 6) is -0.172. The van der Waals surface area contributed by atoms with Gasteiger partial charge < -0.3 is 10.2 Å². The van der Waals surface area contributed by atoms with Crippen molar-refractivity contribution in [1.29, 1.82) is 5.26 Å². The van der Waals surface area contributed by atoms with Crippen LogP contribution in [0.25, 0.3) is 0 Å². The van der Waals surface area contributed by atoms with Crippen molar-refractivity contribution < 1.29 is 4.79 Å². The smallest absolute Gasteiger partial charge is 0.243 e. The number of carbonyl (C=O) groups excluding carboxylic acids is 1. The lowest BCUT2D eigenvalue weighted by atomic mass is 9.91. The van der Waals surface area contributed by atoms with E-state index in [9.17, 15) is 4.79 Å². The van der Waals surface area contributed by atoms with E-state index in [1.807, 2.05) is 30.3 Å². The Morgan fingerprint density at radius 3 is 2.79 bits per heavy atom. The van der Waals surface area contributed by atoms with Crippen molar-refractivity contribution in [2.45, 2.75) is 18.9 Å². The molecule has 0 spiro atoms. The topological polar surface area (TPSA) is 56.1 Å². The third-order valence-electron chi connectivity index (χ3n) is 4.26. The zero-order valence-corrected chi connectivity index (χ0v) is 13.4. The lowest BCUT2D eigenvalue weighted by molar-refractivity contribution is -0.117. The Kier molecular flexibility index (Phi) is 4.62. The second-order valence-corrected chi connectivity index (χ2v) is 5.81. The molecule has 120 valence electrons. The molecule has 1 aliphatic rings. The number of hydrogen-bond donors (Lipinski definition) is 1. The van der Waals surface area contributed by atoms with E-state index in [4.69, 9.17) is 5.26 Å². The van der Waals surface area contributed by atoms with Gasteiger partial charge in [-0.25, -0.2) is 0 Å². The SMILES string of the molecule is C=CC(=O)NC1Cc2c(CC#N)cccc2N(c2ccccc2)C1. The fourth-order valence-corrected chi connectivity index (χ4v) is 3.20. The molecule has 4 heteroatoms. The maximum absolute atomic E-state index is 11.7.